The average molecular weight is 405 g/mol. The minimum atomic E-state index is 0.250. The fourth-order valence-corrected chi connectivity index (χ4v) is 3.41. The molecule has 1 aromatic carbocycles. The molecule has 1 aliphatic heterocycles. The van der Waals surface area contributed by atoms with Gasteiger partial charge in [0, 0.05) is 32.2 Å². The maximum Gasteiger partial charge on any atom is 0.191 e. The van der Waals surface area contributed by atoms with Gasteiger partial charge in [-0.3, -0.25) is 4.90 Å². The Kier molecular flexibility index (Phi) is 10.5. The SMILES string of the molecule is CCNC(=NCc1ccc(COC(C)C)cc1)NCC(C(C)C)N1CCOCC1. The Bertz CT molecular complexity index is 595. The summed E-state index contributed by atoms with van der Waals surface area (Å²) in [5, 5.41) is 6.92. The van der Waals surface area contributed by atoms with Crippen LogP contribution in [0.2, 0.25) is 0 Å². The van der Waals surface area contributed by atoms with Crippen LogP contribution in [-0.4, -0.2) is 62.4 Å². The molecular weight excluding hydrogens is 364 g/mol. The van der Waals surface area contributed by atoms with E-state index in [-0.39, 0.29) is 6.10 Å². The number of guanidine groups is 1. The third-order valence-corrected chi connectivity index (χ3v) is 5.13. The highest BCUT2D eigenvalue weighted by atomic mass is 16.5. The maximum atomic E-state index is 5.66. The van der Waals surface area contributed by atoms with Gasteiger partial charge in [-0.1, -0.05) is 38.1 Å². The van der Waals surface area contributed by atoms with Crippen molar-refractivity contribution in [3.63, 3.8) is 0 Å². The van der Waals surface area contributed by atoms with E-state index in [2.05, 4.69) is 74.4 Å². The first-order chi connectivity index (χ1) is 14.0. The van der Waals surface area contributed by atoms with Crippen LogP contribution in [0.1, 0.15) is 45.7 Å². The van der Waals surface area contributed by atoms with Gasteiger partial charge in [-0.05, 0) is 37.8 Å². The van der Waals surface area contributed by atoms with E-state index in [0.717, 1.165) is 45.4 Å². The number of rotatable bonds is 10. The molecule has 1 aliphatic rings. The third-order valence-electron chi connectivity index (χ3n) is 5.13. The Balaban J connectivity index is 1.90. The molecular formula is C23H40N4O2. The summed E-state index contributed by atoms with van der Waals surface area (Å²) >= 11 is 0. The normalized spacial score (nSPS) is 17.0. The predicted molar refractivity (Wildman–Crippen MR) is 120 cm³/mol. The number of morpholine rings is 1. The number of ether oxygens (including phenoxy) is 2. The molecule has 0 bridgehead atoms. The lowest BCUT2D eigenvalue weighted by Crippen LogP contribution is -2.52. The molecule has 0 spiro atoms. The van der Waals surface area contributed by atoms with E-state index in [1.165, 1.54) is 11.1 Å². The lowest BCUT2D eigenvalue weighted by molar-refractivity contribution is 0.00752. The van der Waals surface area contributed by atoms with E-state index in [4.69, 9.17) is 14.5 Å². The zero-order chi connectivity index (χ0) is 21.1. The summed E-state index contributed by atoms with van der Waals surface area (Å²) in [6.07, 6.45) is 0.250. The van der Waals surface area contributed by atoms with Crippen molar-refractivity contribution >= 4 is 5.96 Å². The van der Waals surface area contributed by atoms with Crippen molar-refractivity contribution in [1.82, 2.24) is 15.5 Å². The zero-order valence-corrected chi connectivity index (χ0v) is 18.9. The number of nitrogens with one attached hydrogen (secondary N) is 2. The van der Waals surface area contributed by atoms with E-state index in [9.17, 15) is 0 Å². The summed E-state index contributed by atoms with van der Waals surface area (Å²) < 4.78 is 11.2. The first kappa shape index (κ1) is 23.6. The fraction of sp³-hybridized carbons (Fsp3) is 0.696. The maximum absolute atomic E-state index is 5.66. The Morgan fingerprint density at radius 2 is 1.72 bits per heavy atom. The largest absolute Gasteiger partial charge is 0.379 e. The quantitative estimate of drug-likeness (QED) is 0.464. The molecule has 6 nitrogen and oxygen atoms in total. The van der Waals surface area contributed by atoms with Gasteiger partial charge in [0.05, 0.1) is 32.5 Å². The number of nitrogens with zero attached hydrogens (tertiary/aromatic N) is 2. The van der Waals surface area contributed by atoms with E-state index < -0.39 is 0 Å². The molecule has 0 saturated carbocycles. The summed E-state index contributed by atoms with van der Waals surface area (Å²) in [7, 11) is 0. The lowest BCUT2D eigenvalue weighted by atomic mass is 10.0. The third kappa shape index (κ3) is 8.72. The van der Waals surface area contributed by atoms with Crippen LogP contribution < -0.4 is 10.6 Å². The number of benzene rings is 1. The standard InChI is InChI=1S/C23H40N4O2/c1-6-24-23(26-16-22(18(2)3)27-11-13-28-14-12-27)25-15-20-7-9-21(10-8-20)17-29-19(4)5/h7-10,18-19,22H,6,11-17H2,1-5H3,(H2,24,25,26). The Morgan fingerprint density at radius 1 is 1.07 bits per heavy atom. The van der Waals surface area contributed by atoms with Crippen molar-refractivity contribution in [1.29, 1.82) is 0 Å². The van der Waals surface area contributed by atoms with E-state index in [1.807, 2.05) is 0 Å². The van der Waals surface area contributed by atoms with Crippen LogP contribution in [0.4, 0.5) is 0 Å². The number of aliphatic imine (C=N–C) groups is 1. The molecule has 0 radical (unpaired) electrons. The van der Waals surface area contributed by atoms with Crippen molar-refractivity contribution in [2.24, 2.45) is 10.9 Å². The van der Waals surface area contributed by atoms with Crippen LogP contribution in [0.15, 0.2) is 29.3 Å². The molecule has 29 heavy (non-hydrogen) atoms. The van der Waals surface area contributed by atoms with Crippen molar-refractivity contribution in [3.8, 4) is 0 Å². The monoisotopic (exact) mass is 404 g/mol. The van der Waals surface area contributed by atoms with Gasteiger partial charge in [-0.15, -0.1) is 0 Å². The first-order valence-corrected chi connectivity index (χ1v) is 11.0. The van der Waals surface area contributed by atoms with Crippen LogP contribution in [0, 0.1) is 5.92 Å². The van der Waals surface area contributed by atoms with Crippen LogP contribution in [0.25, 0.3) is 0 Å². The smallest absolute Gasteiger partial charge is 0.191 e. The second-order valence-corrected chi connectivity index (χ2v) is 8.21. The van der Waals surface area contributed by atoms with Gasteiger partial charge in [0.2, 0.25) is 0 Å². The van der Waals surface area contributed by atoms with Gasteiger partial charge >= 0.3 is 0 Å². The number of hydrogen-bond acceptors (Lipinski definition) is 4. The van der Waals surface area contributed by atoms with Gasteiger partial charge < -0.3 is 20.1 Å². The minimum absolute atomic E-state index is 0.250. The molecule has 2 N–H and O–H groups in total. The highest BCUT2D eigenvalue weighted by Crippen LogP contribution is 2.12. The summed E-state index contributed by atoms with van der Waals surface area (Å²) in [5.74, 6) is 1.45. The van der Waals surface area contributed by atoms with Crippen LogP contribution in [0.5, 0.6) is 0 Å². The molecule has 1 heterocycles. The Morgan fingerprint density at radius 3 is 2.31 bits per heavy atom. The van der Waals surface area contributed by atoms with E-state index in [0.29, 0.717) is 25.1 Å². The second-order valence-electron chi connectivity index (χ2n) is 8.21. The molecule has 1 atom stereocenters. The molecule has 2 rings (SSSR count). The topological polar surface area (TPSA) is 58.1 Å². The summed E-state index contributed by atoms with van der Waals surface area (Å²) in [6.45, 7) is 17.5. The lowest BCUT2D eigenvalue weighted by Gasteiger charge is -2.37. The molecule has 6 heteroatoms. The van der Waals surface area contributed by atoms with E-state index >= 15 is 0 Å². The van der Waals surface area contributed by atoms with Crippen LogP contribution in [-0.2, 0) is 22.6 Å². The van der Waals surface area contributed by atoms with E-state index in [1.54, 1.807) is 0 Å². The van der Waals surface area contributed by atoms with Crippen molar-refractivity contribution < 1.29 is 9.47 Å². The van der Waals surface area contributed by atoms with Gasteiger partial charge in [0.1, 0.15) is 0 Å². The summed E-state index contributed by atoms with van der Waals surface area (Å²) in [5.41, 5.74) is 2.39. The highest BCUT2D eigenvalue weighted by molar-refractivity contribution is 5.79. The molecule has 1 unspecified atom stereocenters. The molecule has 0 amide bonds. The predicted octanol–water partition coefficient (Wildman–Crippen LogP) is 3.02. The Hall–Kier alpha value is -1.63. The Labute approximate surface area is 177 Å². The molecule has 1 fully saturated rings. The van der Waals surface area contributed by atoms with Crippen molar-refractivity contribution in [2.75, 3.05) is 39.4 Å². The molecule has 0 aromatic heterocycles. The minimum Gasteiger partial charge on any atom is -0.379 e. The van der Waals surface area contributed by atoms with Gasteiger partial charge in [0.25, 0.3) is 0 Å². The van der Waals surface area contributed by atoms with Crippen molar-refractivity contribution in [2.45, 2.75) is 59.9 Å². The zero-order valence-electron chi connectivity index (χ0n) is 18.9. The molecule has 0 aliphatic carbocycles. The molecule has 1 saturated heterocycles. The van der Waals surface area contributed by atoms with Crippen LogP contribution >= 0.6 is 0 Å². The van der Waals surface area contributed by atoms with Crippen molar-refractivity contribution in [3.05, 3.63) is 35.4 Å². The highest BCUT2D eigenvalue weighted by Gasteiger charge is 2.23. The fourth-order valence-electron chi connectivity index (χ4n) is 3.41. The summed E-state index contributed by atoms with van der Waals surface area (Å²) in [6, 6.07) is 9.00. The van der Waals surface area contributed by atoms with Crippen LogP contribution in [0.3, 0.4) is 0 Å². The van der Waals surface area contributed by atoms with Gasteiger partial charge in [-0.2, -0.15) is 0 Å². The van der Waals surface area contributed by atoms with Gasteiger partial charge in [-0.25, -0.2) is 4.99 Å². The summed E-state index contributed by atoms with van der Waals surface area (Å²) in [4.78, 5) is 7.31. The number of hydrogen-bond donors (Lipinski definition) is 2. The molecule has 1 aromatic rings. The van der Waals surface area contributed by atoms with Gasteiger partial charge in [0.15, 0.2) is 5.96 Å². The second kappa shape index (κ2) is 12.8. The first-order valence-electron chi connectivity index (χ1n) is 11.0. The average Bonchev–Trinajstić information content (AvgIpc) is 2.72. The molecule has 164 valence electrons.